The number of halogens is 3. The van der Waals surface area contributed by atoms with Crippen LogP contribution in [0.5, 0.6) is 0 Å². The first-order valence-electron chi connectivity index (χ1n) is 7.43. The molecule has 1 N–H and O–H groups in total. The molecule has 0 amide bonds. The summed E-state index contributed by atoms with van der Waals surface area (Å²) in [5, 5.41) is 3.22. The first-order valence-corrected chi connectivity index (χ1v) is 7.43. The number of hydrogen-bond donors (Lipinski definition) is 1. The molecule has 0 bridgehead atoms. The van der Waals surface area contributed by atoms with Crippen LogP contribution in [-0.2, 0) is 0 Å². The second-order valence-electron chi connectivity index (χ2n) is 5.11. The van der Waals surface area contributed by atoms with Crippen LogP contribution in [0.3, 0.4) is 0 Å². The van der Waals surface area contributed by atoms with Crippen LogP contribution < -0.4 is 5.32 Å². The van der Waals surface area contributed by atoms with Crippen molar-refractivity contribution < 1.29 is 13.2 Å². The van der Waals surface area contributed by atoms with Gasteiger partial charge in [0.1, 0.15) is 0 Å². The third-order valence-corrected chi connectivity index (χ3v) is 3.75. The molecule has 1 aromatic carbocycles. The van der Waals surface area contributed by atoms with Crippen molar-refractivity contribution in [2.75, 3.05) is 6.54 Å². The average molecular weight is 287 g/mol. The first-order chi connectivity index (χ1) is 9.56. The SMILES string of the molecule is CCCCC(CC)C(NCC)c1ccc(F)c(F)c1F. The molecule has 0 aromatic heterocycles. The quantitative estimate of drug-likeness (QED) is 0.666. The minimum atomic E-state index is -1.38. The molecule has 1 aromatic rings. The van der Waals surface area contributed by atoms with E-state index in [1.54, 1.807) is 0 Å². The molecule has 1 rings (SSSR count). The van der Waals surface area contributed by atoms with E-state index in [1.807, 2.05) is 13.8 Å². The van der Waals surface area contributed by atoms with Crippen molar-refractivity contribution in [1.29, 1.82) is 0 Å². The fourth-order valence-corrected chi connectivity index (χ4v) is 2.60. The zero-order chi connectivity index (χ0) is 15.1. The Hall–Kier alpha value is -1.03. The molecule has 2 unspecified atom stereocenters. The van der Waals surface area contributed by atoms with Gasteiger partial charge in [-0.05, 0) is 24.9 Å². The topological polar surface area (TPSA) is 12.0 Å². The van der Waals surface area contributed by atoms with E-state index < -0.39 is 17.5 Å². The van der Waals surface area contributed by atoms with Gasteiger partial charge in [-0.25, -0.2) is 13.2 Å². The fraction of sp³-hybridized carbons (Fsp3) is 0.625. The summed E-state index contributed by atoms with van der Waals surface area (Å²) in [5.74, 6) is -3.36. The van der Waals surface area contributed by atoms with Gasteiger partial charge in [-0.2, -0.15) is 0 Å². The summed E-state index contributed by atoms with van der Waals surface area (Å²) >= 11 is 0. The van der Waals surface area contributed by atoms with Gasteiger partial charge in [0.2, 0.25) is 0 Å². The van der Waals surface area contributed by atoms with E-state index in [1.165, 1.54) is 6.07 Å². The summed E-state index contributed by atoms with van der Waals surface area (Å²) in [6.07, 6.45) is 3.93. The molecule has 0 heterocycles. The Balaban J connectivity index is 3.08. The van der Waals surface area contributed by atoms with Gasteiger partial charge in [0.25, 0.3) is 0 Å². The third-order valence-electron chi connectivity index (χ3n) is 3.75. The summed E-state index contributed by atoms with van der Waals surface area (Å²) in [5.41, 5.74) is 0.230. The van der Waals surface area contributed by atoms with Crippen LogP contribution >= 0.6 is 0 Å². The molecule has 1 nitrogen and oxygen atoms in total. The molecule has 20 heavy (non-hydrogen) atoms. The number of nitrogens with one attached hydrogen (secondary N) is 1. The lowest BCUT2D eigenvalue weighted by molar-refractivity contribution is 0.314. The van der Waals surface area contributed by atoms with Crippen LogP contribution in [0.1, 0.15) is 58.1 Å². The molecule has 114 valence electrons. The molecule has 0 aliphatic heterocycles. The van der Waals surface area contributed by atoms with Gasteiger partial charge >= 0.3 is 0 Å². The number of benzene rings is 1. The van der Waals surface area contributed by atoms with Crippen molar-refractivity contribution in [2.45, 2.75) is 52.5 Å². The maximum absolute atomic E-state index is 14.0. The molecule has 0 spiro atoms. The van der Waals surface area contributed by atoms with E-state index >= 15 is 0 Å². The lowest BCUT2D eigenvalue weighted by Crippen LogP contribution is -2.29. The van der Waals surface area contributed by atoms with Crippen LogP contribution in [0.25, 0.3) is 0 Å². The molecular formula is C16H24F3N. The van der Waals surface area contributed by atoms with Crippen molar-refractivity contribution in [3.05, 3.63) is 35.1 Å². The smallest absolute Gasteiger partial charge is 0.194 e. The van der Waals surface area contributed by atoms with Crippen molar-refractivity contribution in [1.82, 2.24) is 5.32 Å². The molecule has 0 aliphatic carbocycles. The Morgan fingerprint density at radius 1 is 1.05 bits per heavy atom. The Bertz CT molecular complexity index is 420. The van der Waals surface area contributed by atoms with E-state index in [2.05, 4.69) is 12.2 Å². The van der Waals surface area contributed by atoms with E-state index in [0.29, 0.717) is 6.54 Å². The Morgan fingerprint density at radius 3 is 2.30 bits per heavy atom. The summed E-state index contributed by atoms with van der Waals surface area (Å²) in [4.78, 5) is 0. The van der Waals surface area contributed by atoms with Crippen molar-refractivity contribution in [3.8, 4) is 0 Å². The van der Waals surface area contributed by atoms with E-state index in [0.717, 1.165) is 31.7 Å². The van der Waals surface area contributed by atoms with Crippen LogP contribution in [0.2, 0.25) is 0 Å². The predicted octanol–water partition coefficient (Wildman–Crippen LogP) is 4.97. The monoisotopic (exact) mass is 287 g/mol. The Labute approximate surface area is 119 Å². The van der Waals surface area contributed by atoms with E-state index in [-0.39, 0.29) is 17.5 Å². The summed E-state index contributed by atoms with van der Waals surface area (Å²) in [6.45, 7) is 6.73. The summed E-state index contributed by atoms with van der Waals surface area (Å²) in [7, 11) is 0. The second-order valence-corrected chi connectivity index (χ2v) is 5.11. The van der Waals surface area contributed by atoms with Crippen molar-refractivity contribution in [2.24, 2.45) is 5.92 Å². The molecule has 0 saturated heterocycles. The predicted molar refractivity (Wildman–Crippen MR) is 76.0 cm³/mol. The number of unbranched alkanes of at least 4 members (excludes halogenated alkanes) is 1. The minimum absolute atomic E-state index is 0.217. The molecule has 2 atom stereocenters. The van der Waals surface area contributed by atoms with Crippen LogP contribution in [0.15, 0.2) is 12.1 Å². The van der Waals surface area contributed by atoms with E-state index in [4.69, 9.17) is 0 Å². The molecule has 4 heteroatoms. The lowest BCUT2D eigenvalue weighted by Gasteiger charge is -2.28. The minimum Gasteiger partial charge on any atom is -0.310 e. The largest absolute Gasteiger partial charge is 0.310 e. The van der Waals surface area contributed by atoms with Gasteiger partial charge in [0.05, 0.1) is 0 Å². The highest BCUT2D eigenvalue weighted by molar-refractivity contribution is 5.24. The lowest BCUT2D eigenvalue weighted by atomic mass is 9.86. The van der Waals surface area contributed by atoms with Crippen LogP contribution in [0.4, 0.5) is 13.2 Å². The normalized spacial score (nSPS) is 14.3. The van der Waals surface area contributed by atoms with Gasteiger partial charge in [-0.3, -0.25) is 0 Å². The zero-order valence-electron chi connectivity index (χ0n) is 12.5. The van der Waals surface area contributed by atoms with Crippen LogP contribution in [-0.4, -0.2) is 6.54 Å². The number of hydrogen-bond acceptors (Lipinski definition) is 1. The van der Waals surface area contributed by atoms with Gasteiger partial charge in [-0.15, -0.1) is 0 Å². The van der Waals surface area contributed by atoms with E-state index in [9.17, 15) is 13.2 Å². The second kappa shape index (κ2) is 8.30. The first kappa shape index (κ1) is 17.0. The van der Waals surface area contributed by atoms with Gasteiger partial charge in [-0.1, -0.05) is 46.1 Å². The fourth-order valence-electron chi connectivity index (χ4n) is 2.60. The Kier molecular flexibility index (Phi) is 7.06. The van der Waals surface area contributed by atoms with Gasteiger partial charge < -0.3 is 5.32 Å². The third kappa shape index (κ3) is 3.98. The van der Waals surface area contributed by atoms with Crippen molar-refractivity contribution >= 4 is 0 Å². The van der Waals surface area contributed by atoms with Crippen LogP contribution in [0, 0.1) is 23.4 Å². The summed E-state index contributed by atoms with van der Waals surface area (Å²) < 4.78 is 40.5. The highest BCUT2D eigenvalue weighted by Crippen LogP contribution is 2.31. The average Bonchev–Trinajstić information content (AvgIpc) is 2.45. The number of rotatable bonds is 8. The molecular weight excluding hydrogens is 263 g/mol. The highest BCUT2D eigenvalue weighted by atomic mass is 19.2. The maximum Gasteiger partial charge on any atom is 0.194 e. The summed E-state index contributed by atoms with van der Waals surface area (Å²) in [6, 6.07) is 2.09. The van der Waals surface area contributed by atoms with Gasteiger partial charge in [0.15, 0.2) is 17.5 Å². The standard InChI is InChI=1S/C16H24F3N/c1-4-7-8-11(5-2)16(20-6-3)12-9-10-13(17)15(19)14(12)18/h9-11,16,20H,4-8H2,1-3H3. The molecule has 0 fully saturated rings. The highest BCUT2D eigenvalue weighted by Gasteiger charge is 2.26. The maximum atomic E-state index is 14.0. The molecule has 0 aliphatic rings. The molecule has 0 radical (unpaired) electrons. The molecule has 0 saturated carbocycles. The Morgan fingerprint density at radius 2 is 1.75 bits per heavy atom. The van der Waals surface area contributed by atoms with Gasteiger partial charge in [0, 0.05) is 11.6 Å². The zero-order valence-corrected chi connectivity index (χ0v) is 12.5. The van der Waals surface area contributed by atoms with Crippen molar-refractivity contribution in [3.63, 3.8) is 0 Å².